The summed E-state index contributed by atoms with van der Waals surface area (Å²) in [5.74, 6) is 0. The summed E-state index contributed by atoms with van der Waals surface area (Å²) in [5.41, 5.74) is 2.04. The molecule has 0 radical (unpaired) electrons. The van der Waals surface area contributed by atoms with Gasteiger partial charge >= 0.3 is 0 Å². The molecule has 3 rings (SSSR count). The van der Waals surface area contributed by atoms with Gasteiger partial charge in [-0.05, 0) is 39.4 Å². The van der Waals surface area contributed by atoms with Crippen LogP contribution in [0.3, 0.4) is 0 Å². The minimum absolute atomic E-state index is 0.182. The molecule has 1 aliphatic heterocycles. The van der Waals surface area contributed by atoms with Gasteiger partial charge in [-0.15, -0.1) is 11.3 Å². The van der Waals surface area contributed by atoms with Crippen LogP contribution in [-0.4, -0.2) is 16.7 Å². The molecule has 0 aromatic carbocycles. The SMILES string of the molecule is O=c1[nH]ncc(N2CCc3sccc3C2)c1Br. The molecule has 0 spiro atoms. The highest BCUT2D eigenvalue weighted by Crippen LogP contribution is 2.29. The Balaban J connectivity index is 1.97. The van der Waals surface area contributed by atoms with Crippen LogP contribution in [-0.2, 0) is 13.0 Å². The van der Waals surface area contributed by atoms with Crippen molar-refractivity contribution in [3.05, 3.63) is 42.9 Å². The molecule has 0 saturated carbocycles. The Morgan fingerprint density at radius 1 is 1.53 bits per heavy atom. The van der Waals surface area contributed by atoms with Crippen molar-refractivity contribution in [2.45, 2.75) is 13.0 Å². The minimum Gasteiger partial charge on any atom is -0.364 e. The molecule has 17 heavy (non-hydrogen) atoms. The molecule has 88 valence electrons. The fourth-order valence-electron chi connectivity index (χ4n) is 2.05. The van der Waals surface area contributed by atoms with Crippen LogP contribution >= 0.6 is 27.3 Å². The van der Waals surface area contributed by atoms with Crippen LogP contribution in [0, 0.1) is 0 Å². The van der Waals surface area contributed by atoms with E-state index in [4.69, 9.17) is 0 Å². The minimum atomic E-state index is -0.182. The highest BCUT2D eigenvalue weighted by atomic mass is 79.9. The van der Waals surface area contributed by atoms with Crippen molar-refractivity contribution in [1.82, 2.24) is 10.2 Å². The summed E-state index contributed by atoms with van der Waals surface area (Å²) in [6.07, 6.45) is 2.73. The lowest BCUT2D eigenvalue weighted by atomic mass is 10.1. The monoisotopic (exact) mass is 311 g/mol. The van der Waals surface area contributed by atoms with E-state index in [1.54, 1.807) is 6.20 Å². The van der Waals surface area contributed by atoms with E-state index in [2.05, 4.69) is 42.5 Å². The van der Waals surface area contributed by atoms with Crippen molar-refractivity contribution in [2.24, 2.45) is 0 Å². The lowest BCUT2D eigenvalue weighted by Crippen LogP contribution is -2.31. The average molecular weight is 312 g/mol. The van der Waals surface area contributed by atoms with E-state index >= 15 is 0 Å². The largest absolute Gasteiger partial charge is 0.364 e. The molecule has 0 bridgehead atoms. The topological polar surface area (TPSA) is 49.0 Å². The van der Waals surface area contributed by atoms with Gasteiger partial charge in [-0.2, -0.15) is 5.10 Å². The number of aromatic nitrogens is 2. The molecule has 0 aliphatic carbocycles. The summed E-state index contributed by atoms with van der Waals surface area (Å²) < 4.78 is 0.561. The zero-order valence-corrected chi connectivity index (χ0v) is 11.3. The summed E-state index contributed by atoms with van der Waals surface area (Å²) in [5, 5.41) is 8.40. The van der Waals surface area contributed by atoms with E-state index in [1.807, 2.05) is 11.3 Å². The normalized spacial score (nSPS) is 14.8. The van der Waals surface area contributed by atoms with E-state index in [0.29, 0.717) is 4.47 Å². The zero-order chi connectivity index (χ0) is 11.8. The molecule has 1 N–H and O–H groups in total. The van der Waals surface area contributed by atoms with Crippen molar-refractivity contribution in [3.8, 4) is 0 Å². The highest BCUT2D eigenvalue weighted by Gasteiger charge is 2.20. The number of aromatic amines is 1. The third-order valence-electron chi connectivity index (χ3n) is 2.93. The number of hydrogen-bond donors (Lipinski definition) is 1. The Hall–Kier alpha value is -1.14. The number of halogens is 1. The maximum Gasteiger partial charge on any atom is 0.280 e. The molecule has 2 aromatic rings. The molecule has 0 fully saturated rings. The molecule has 0 amide bonds. The van der Waals surface area contributed by atoms with E-state index in [9.17, 15) is 4.79 Å². The number of fused-ring (bicyclic) bond motifs is 1. The van der Waals surface area contributed by atoms with Gasteiger partial charge < -0.3 is 4.90 Å². The highest BCUT2D eigenvalue weighted by molar-refractivity contribution is 9.10. The van der Waals surface area contributed by atoms with Gasteiger partial charge in [0.2, 0.25) is 0 Å². The quantitative estimate of drug-likeness (QED) is 0.878. The Kier molecular flexibility index (Phi) is 2.76. The van der Waals surface area contributed by atoms with Crippen LogP contribution in [0.1, 0.15) is 10.4 Å². The number of H-pyrrole nitrogens is 1. The molecule has 0 unspecified atom stereocenters. The molecule has 0 atom stereocenters. The molecule has 4 nitrogen and oxygen atoms in total. The number of nitrogens with one attached hydrogen (secondary N) is 1. The van der Waals surface area contributed by atoms with Crippen LogP contribution in [0.2, 0.25) is 0 Å². The number of hydrogen-bond acceptors (Lipinski definition) is 4. The number of thiophene rings is 1. The second-order valence-electron chi connectivity index (χ2n) is 3.94. The average Bonchev–Trinajstić information content (AvgIpc) is 2.79. The molecule has 0 saturated heterocycles. The van der Waals surface area contributed by atoms with E-state index in [1.165, 1.54) is 10.4 Å². The second-order valence-corrected chi connectivity index (χ2v) is 5.73. The summed E-state index contributed by atoms with van der Waals surface area (Å²) in [6.45, 7) is 1.78. The smallest absolute Gasteiger partial charge is 0.280 e. The van der Waals surface area contributed by atoms with Crippen molar-refractivity contribution >= 4 is 33.0 Å². The Labute approximate surface area is 110 Å². The van der Waals surface area contributed by atoms with Gasteiger partial charge in [0.05, 0.1) is 11.9 Å². The van der Waals surface area contributed by atoms with Crippen molar-refractivity contribution < 1.29 is 0 Å². The van der Waals surface area contributed by atoms with Gasteiger partial charge in [0.1, 0.15) is 4.47 Å². The lowest BCUT2D eigenvalue weighted by Gasteiger charge is -2.29. The first-order valence-corrected chi connectivity index (χ1v) is 6.96. The van der Waals surface area contributed by atoms with Crippen LogP contribution in [0.4, 0.5) is 5.69 Å². The van der Waals surface area contributed by atoms with Crippen LogP contribution in [0.15, 0.2) is 26.9 Å². The number of anilines is 1. The fraction of sp³-hybridized carbons (Fsp3) is 0.273. The number of nitrogens with zero attached hydrogens (tertiary/aromatic N) is 2. The summed E-state index contributed by atoms with van der Waals surface area (Å²) in [4.78, 5) is 15.1. The first kappa shape index (κ1) is 11.0. The van der Waals surface area contributed by atoms with Gasteiger partial charge in [-0.1, -0.05) is 0 Å². The van der Waals surface area contributed by atoms with Gasteiger partial charge in [0.25, 0.3) is 5.56 Å². The molecular weight excluding hydrogens is 302 g/mol. The third-order valence-corrected chi connectivity index (χ3v) is 4.71. The fourth-order valence-corrected chi connectivity index (χ4v) is 3.38. The van der Waals surface area contributed by atoms with Crippen molar-refractivity contribution in [1.29, 1.82) is 0 Å². The standard InChI is InChI=1S/C11H10BrN3OS/c12-10-8(5-13-14-11(10)16)15-3-1-9-7(6-15)2-4-17-9/h2,4-5H,1,3,6H2,(H,14,16). The van der Waals surface area contributed by atoms with E-state index in [-0.39, 0.29) is 5.56 Å². The summed E-state index contributed by atoms with van der Waals surface area (Å²) >= 11 is 5.13. The predicted molar refractivity (Wildman–Crippen MR) is 71.6 cm³/mol. The van der Waals surface area contributed by atoms with Crippen molar-refractivity contribution in [2.75, 3.05) is 11.4 Å². The van der Waals surface area contributed by atoms with Gasteiger partial charge in [-0.3, -0.25) is 4.79 Å². The van der Waals surface area contributed by atoms with Gasteiger partial charge in [0.15, 0.2) is 0 Å². The first-order valence-electron chi connectivity index (χ1n) is 5.29. The van der Waals surface area contributed by atoms with Gasteiger partial charge in [-0.25, -0.2) is 5.10 Å². The van der Waals surface area contributed by atoms with E-state index in [0.717, 1.165) is 25.2 Å². The molecule has 3 heterocycles. The van der Waals surface area contributed by atoms with Crippen LogP contribution in [0.5, 0.6) is 0 Å². The number of rotatable bonds is 1. The summed E-state index contributed by atoms with van der Waals surface area (Å²) in [6, 6.07) is 2.15. The molecule has 2 aromatic heterocycles. The Bertz CT molecular complexity index is 607. The molecular formula is C11H10BrN3OS. The molecule has 6 heteroatoms. The lowest BCUT2D eigenvalue weighted by molar-refractivity contribution is 0.735. The zero-order valence-electron chi connectivity index (χ0n) is 8.94. The Morgan fingerprint density at radius 3 is 3.29 bits per heavy atom. The maximum atomic E-state index is 11.5. The second kappa shape index (κ2) is 4.27. The van der Waals surface area contributed by atoms with Gasteiger partial charge in [0, 0.05) is 18.0 Å². The summed E-state index contributed by atoms with van der Waals surface area (Å²) in [7, 11) is 0. The first-order chi connectivity index (χ1) is 8.25. The molecule has 1 aliphatic rings. The maximum absolute atomic E-state index is 11.5. The van der Waals surface area contributed by atoms with Crippen LogP contribution in [0.25, 0.3) is 0 Å². The van der Waals surface area contributed by atoms with Crippen molar-refractivity contribution in [3.63, 3.8) is 0 Å². The van der Waals surface area contributed by atoms with Crippen LogP contribution < -0.4 is 10.5 Å². The Morgan fingerprint density at radius 2 is 2.41 bits per heavy atom. The predicted octanol–water partition coefficient (Wildman–Crippen LogP) is 2.16. The third kappa shape index (κ3) is 1.91. The van der Waals surface area contributed by atoms with E-state index < -0.39 is 0 Å².